The van der Waals surface area contributed by atoms with Gasteiger partial charge in [-0.3, -0.25) is 4.21 Å². The second-order valence-electron chi connectivity index (χ2n) is 4.19. The molecule has 1 heterocycles. The van der Waals surface area contributed by atoms with Crippen molar-refractivity contribution < 1.29 is 4.21 Å². The zero-order valence-corrected chi connectivity index (χ0v) is 10.0. The van der Waals surface area contributed by atoms with Gasteiger partial charge in [-0.15, -0.1) is 0 Å². The van der Waals surface area contributed by atoms with Crippen LogP contribution in [-0.2, 0) is 10.8 Å². The third-order valence-corrected chi connectivity index (χ3v) is 3.55. The second kappa shape index (κ2) is 6.53. The normalized spacial score (nSPS) is 28.0. The highest BCUT2D eigenvalue weighted by molar-refractivity contribution is 7.84. The minimum absolute atomic E-state index is 0.379. The Morgan fingerprint density at radius 1 is 1.50 bits per heavy atom. The fourth-order valence-electron chi connectivity index (χ4n) is 1.99. The molecule has 0 saturated carbocycles. The molecule has 1 aliphatic rings. The summed E-state index contributed by atoms with van der Waals surface area (Å²) in [6, 6.07) is 0.993. The zero-order valence-electron chi connectivity index (χ0n) is 9.21. The van der Waals surface area contributed by atoms with Gasteiger partial charge in [-0.1, -0.05) is 0 Å². The number of rotatable bonds is 4. The van der Waals surface area contributed by atoms with Gasteiger partial charge < -0.3 is 10.6 Å². The summed E-state index contributed by atoms with van der Waals surface area (Å²) in [6.45, 7) is 4.38. The van der Waals surface area contributed by atoms with E-state index in [9.17, 15) is 4.21 Å². The van der Waals surface area contributed by atoms with Gasteiger partial charge in [0.05, 0.1) is 0 Å². The predicted molar refractivity (Wildman–Crippen MR) is 62.0 cm³/mol. The first-order valence-electron chi connectivity index (χ1n) is 5.45. The van der Waals surface area contributed by atoms with Gasteiger partial charge in [0, 0.05) is 34.9 Å². The highest BCUT2D eigenvalue weighted by Gasteiger charge is 2.14. The highest BCUT2D eigenvalue weighted by atomic mass is 32.2. The monoisotopic (exact) mass is 218 g/mol. The summed E-state index contributed by atoms with van der Waals surface area (Å²) >= 11 is 0. The molecule has 3 nitrogen and oxygen atoms in total. The molecule has 4 heteroatoms. The van der Waals surface area contributed by atoms with Crippen LogP contribution in [0.5, 0.6) is 0 Å². The SMILES string of the molecule is CC(CS(C)=O)NC1CCCNCC1. The molecule has 0 bridgehead atoms. The van der Waals surface area contributed by atoms with Gasteiger partial charge in [0.1, 0.15) is 0 Å². The summed E-state index contributed by atoms with van der Waals surface area (Å²) < 4.78 is 11.0. The van der Waals surface area contributed by atoms with E-state index in [2.05, 4.69) is 17.6 Å². The van der Waals surface area contributed by atoms with Crippen LogP contribution in [0.3, 0.4) is 0 Å². The van der Waals surface area contributed by atoms with Crippen molar-refractivity contribution in [3.8, 4) is 0 Å². The summed E-state index contributed by atoms with van der Waals surface area (Å²) in [6.07, 6.45) is 5.46. The first-order chi connectivity index (χ1) is 6.68. The predicted octanol–water partition coefficient (Wildman–Crippen LogP) is 0.485. The van der Waals surface area contributed by atoms with Crippen molar-refractivity contribution in [2.75, 3.05) is 25.1 Å². The lowest BCUT2D eigenvalue weighted by molar-refractivity contribution is 0.431. The van der Waals surface area contributed by atoms with Crippen molar-refractivity contribution in [2.24, 2.45) is 0 Å². The van der Waals surface area contributed by atoms with Crippen molar-refractivity contribution in [2.45, 2.75) is 38.3 Å². The molecule has 84 valence electrons. The fourth-order valence-corrected chi connectivity index (χ4v) is 2.79. The Labute approximate surface area is 89.5 Å². The van der Waals surface area contributed by atoms with Crippen LogP contribution in [0.1, 0.15) is 26.2 Å². The van der Waals surface area contributed by atoms with Crippen molar-refractivity contribution in [1.29, 1.82) is 0 Å². The molecule has 3 unspecified atom stereocenters. The van der Waals surface area contributed by atoms with Gasteiger partial charge in [0.25, 0.3) is 0 Å². The van der Waals surface area contributed by atoms with Crippen LogP contribution in [0.2, 0.25) is 0 Å². The quantitative estimate of drug-likeness (QED) is 0.721. The maximum atomic E-state index is 11.0. The van der Waals surface area contributed by atoms with Gasteiger partial charge in [-0.2, -0.15) is 0 Å². The van der Waals surface area contributed by atoms with Crippen molar-refractivity contribution in [3.63, 3.8) is 0 Å². The Morgan fingerprint density at radius 3 is 3.00 bits per heavy atom. The third kappa shape index (κ3) is 5.08. The van der Waals surface area contributed by atoms with Crippen molar-refractivity contribution >= 4 is 10.8 Å². The Morgan fingerprint density at radius 2 is 2.29 bits per heavy atom. The van der Waals surface area contributed by atoms with E-state index < -0.39 is 10.8 Å². The largest absolute Gasteiger partial charge is 0.317 e. The summed E-state index contributed by atoms with van der Waals surface area (Å²) in [5.74, 6) is 0.768. The second-order valence-corrected chi connectivity index (χ2v) is 5.67. The minimum Gasteiger partial charge on any atom is -0.317 e. The molecule has 0 aliphatic carbocycles. The van der Waals surface area contributed by atoms with E-state index in [-0.39, 0.29) is 0 Å². The number of hydrogen-bond donors (Lipinski definition) is 2. The molecule has 0 aromatic heterocycles. The van der Waals surface area contributed by atoms with Gasteiger partial charge in [0.15, 0.2) is 0 Å². The first kappa shape index (κ1) is 12.1. The van der Waals surface area contributed by atoms with Crippen LogP contribution in [-0.4, -0.2) is 41.4 Å². The van der Waals surface area contributed by atoms with Gasteiger partial charge in [-0.25, -0.2) is 0 Å². The fraction of sp³-hybridized carbons (Fsp3) is 1.00. The molecule has 1 rings (SSSR count). The molecule has 0 spiro atoms. The van der Waals surface area contributed by atoms with Crippen LogP contribution < -0.4 is 10.6 Å². The number of nitrogens with one attached hydrogen (secondary N) is 2. The summed E-state index contributed by atoms with van der Waals surface area (Å²) in [4.78, 5) is 0. The summed E-state index contributed by atoms with van der Waals surface area (Å²) in [5.41, 5.74) is 0. The van der Waals surface area contributed by atoms with Gasteiger partial charge >= 0.3 is 0 Å². The Bertz CT molecular complexity index is 179. The molecule has 3 atom stereocenters. The van der Waals surface area contributed by atoms with Crippen LogP contribution >= 0.6 is 0 Å². The van der Waals surface area contributed by atoms with Gasteiger partial charge in [0.2, 0.25) is 0 Å². The van der Waals surface area contributed by atoms with Crippen LogP contribution in [0.25, 0.3) is 0 Å². The molecule has 0 aromatic carbocycles. The topological polar surface area (TPSA) is 41.1 Å². The lowest BCUT2D eigenvalue weighted by Crippen LogP contribution is -2.39. The van der Waals surface area contributed by atoms with E-state index in [1.165, 1.54) is 19.3 Å². The molecule has 1 fully saturated rings. The smallest absolute Gasteiger partial charge is 0.0383 e. The molecular weight excluding hydrogens is 196 g/mol. The van der Waals surface area contributed by atoms with Crippen LogP contribution in [0.15, 0.2) is 0 Å². The van der Waals surface area contributed by atoms with Crippen LogP contribution in [0, 0.1) is 0 Å². The lowest BCUT2D eigenvalue weighted by atomic mass is 10.1. The molecule has 0 aromatic rings. The molecule has 0 amide bonds. The van der Waals surface area contributed by atoms with E-state index in [1.807, 2.05) is 0 Å². The average Bonchev–Trinajstić information content (AvgIpc) is 2.31. The summed E-state index contributed by atoms with van der Waals surface area (Å²) in [5, 5.41) is 6.95. The molecule has 0 radical (unpaired) electrons. The summed E-state index contributed by atoms with van der Waals surface area (Å²) in [7, 11) is -0.682. The highest BCUT2D eigenvalue weighted by Crippen LogP contribution is 2.06. The molecule has 2 N–H and O–H groups in total. The molecule has 1 saturated heterocycles. The zero-order chi connectivity index (χ0) is 10.4. The van der Waals surface area contributed by atoms with Gasteiger partial charge in [-0.05, 0) is 39.3 Å². The third-order valence-electron chi connectivity index (χ3n) is 2.58. The number of hydrogen-bond acceptors (Lipinski definition) is 3. The lowest BCUT2D eigenvalue weighted by Gasteiger charge is -2.20. The molecule has 1 aliphatic heterocycles. The minimum atomic E-state index is -0.682. The maximum absolute atomic E-state index is 11.0. The first-order valence-corrected chi connectivity index (χ1v) is 7.18. The van der Waals surface area contributed by atoms with E-state index in [0.717, 1.165) is 18.8 Å². The average molecular weight is 218 g/mol. The van der Waals surface area contributed by atoms with E-state index >= 15 is 0 Å². The van der Waals surface area contributed by atoms with Crippen molar-refractivity contribution in [1.82, 2.24) is 10.6 Å². The van der Waals surface area contributed by atoms with E-state index in [0.29, 0.717) is 12.1 Å². The Kier molecular flexibility index (Phi) is 5.67. The standard InChI is InChI=1S/C10H22N2OS/c1-9(8-14(2)13)12-10-4-3-6-11-7-5-10/h9-12H,3-8H2,1-2H3. The molecule has 14 heavy (non-hydrogen) atoms. The van der Waals surface area contributed by atoms with E-state index in [1.54, 1.807) is 6.26 Å². The molecular formula is C10H22N2OS. The van der Waals surface area contributed by atoms with Crippen molar-refractivity contribution in [3.05, 3.63) is 0 Å². The Hall–Kier alpha value is 0.0700. The van der Waals surface area contributed by atoms with E-state index in [4.69, 9.17) is 0 Å². The maximum Gasteiger partial charge on any atom is 0.0383 e. The Balaban J connectivity index is 2.23. The van der Waals surface area contributed by atoms with Crippen LogP contribution in [0.4, 0.5) is 0 Å².